The molecule has 0 bridgehead atoms. The van der Waals surface area contributed by atoms with E-state index in [1.165, 1.54) is 5.56 Å². The molecule has 0 radical (unpaired) electrons. The van der Waals surface area contributed by atoms with Crippen LogP contribution in [0.1, 0.15) is 5.56 Å². The molecule has 0 saturated carbocycles. The average molecular weight is 345 g/mol. The van der Waals surface area contributed by atoms with Crippen molar-refractivity contribution in [1.82, 2.24) is 14.7 Å². The zero-order chi connectivity index (χ0) is 15.6. The third-order valence-electron chi connectivity index (χ3n) is 3.70. The maximum atomic E-state index is 5.79. The first-order valence-electron chi connectivity index (χ1n) is 7.34. The lowest BCUT2D eigenvalue weighted by atomic mass is 10.2. The lowest BCUT2D eigenvalue weighted by Gasteiger charge is -2.18. The number of thiophene rings is 1. The molecule has 3 aromatic rings. The van der Waals surface area contributed by atoms with Gasteiger partial charge in [0.25, 0.3) is 10.7 Å². The number of rotatable bonds is 3. The van der Waals surface area contributed by atoms with Gasteiger partial charge in [-0.25, -0.2) is 4.68 Å². The van der Waals surface area contributed by atoms with Crippen molar-refractivity contribution in [1.29, 1.82) is 0 Å². The van der Waals surface area contributed by atoms with Crippen LogP contribution in [0.4, 0.5) is 0 Å². The molecule has 4 rings (SSSR count). The van der Waals surface area contributed by atoms with E-state index in [1.54, 1.807) is 16.0 Å². The van der Waals surface area contributed by atoms with Gasteiger partial charge in [0.2, 0.25) is 0 Å². The van der Waals surface area contributed by atoms with Gasteiger partial charge in [0.15, 0.2) is 0 Å². The van der Waals surface area contributed by atoms with Crippen LogP contribution in [0.25, 0.3) is 10.8 Å². The molecule has 0 spiro atoms. The van der Waals surface area contributed by atoms with Crippen LogP contribution in [0.5, 0.6) is 5.75 Å². The molecule has 1 aliphatic rings. The first kappa shape index (κ1) is 14.6. The Morgan fingerprint density at radius 1 is 1.22 bits per heavy atom. The molecular formula is C16H15N3O2S2. The molecule has 0 aliphatic carbocycles. The molecule has 1 aromatic carbocycles. The predicted molar refractivity (Wildman–Crippen MR) is 91.0 cm³/mol. The summed E-state index contributed by atoms with van der Waals surface area (Å²) < 4.78 is 13.1. The minimum absolute atomic E-state index is 0.395. The molecule has 0 fully saturated rings. The van der Waals surface area contributed by atoms with E-state index in [-0.39, 0.29) is 0 Å². The molecule has 5 nitrogen and oxygen atoms in total. The van der Waals surface area contributed by atoms with E-state index in [9.17, 15) is 0 Å². The molecule has 3 heterocycles. The Labute approximate surface area is 142 Å². The van der Waals surface area contributed by atoms with E-state index in [2.05, 4.69) is 16.1 Å². The molecule has 23 heavy (non-hydrogen) atoms. The fraction of sp³-hybridized carbons (Fsp3) is 0.250. The fourth-order valence-electron chi connectivity index (χ4n) is 2.59. The highest BCUT2D eigenvalue weighted by Gasteiger charge is 2.17. The summed E-state index contributed by atoms with van der Waals surface area (Å²) in [7, 11) is 0. The van der Waals surface area contributed by atoms with Crippen LogP contribution in [-0.2, 0) is 13.2 Å². The standard InChI is InChI=1S/C16H15N3O2S2/c22-16-19(17-15(21-16)14-6-3-9-23-14)11-18-7-8-20-13-5-2-1-4-12(13)10-18/h1-6,9H,7-8,10-11H2. The molecule has 2 aromatic heterocycles. The van der Waals surface area contributed by atoms with Crippen LogP contribution in [-0.4, -0.2) is 27.8 Å². The van der Waals surface area contributed by atoms with E-state index >= 15 is 0 Å². The lowest BCUT2D eigenvalue weighted by molar-refractivity contribution is 0.175. The molecule has 0 unspecified atom stereocenters. The Balaban J connectivity index is 1.56. The Kier molecular flexibility index (Phi) is 3.99. The zero-order valence-corrected chi connectivity index (χ0v) is 14.0. The minimum atomic E-state index is 0.395. The first-order valence-corrected chi connectivity index (χ1v) is 8.63. The number of hydrogen-bond donors (Lipinski definition) is 0. The summed E-state index contributed by atoms with van der Waals surface area (Å²) in [5.41, 5.74) is 1.18. The van der Waals surface area contributed by atoms with E-state index in [0.29, 0.717) is 24.0 Å². The highest BCUT2D eigenvalue weighted by atomic mass is 32.1. The molecule has 1 aliphatic heterocycles. The summed E-state index contributed by atoms with van der Waals surface area (Å²) in [6.07, 6.45) is 0. The van der Waals surface area contributed by atoms with Crippen LogP contribution in [0, 0.1) is 4.84 Å². The van der Waals surface area contributed by atoms with Gasteiger partial charge < -0.3 is 9.15 Å². The molecule has 0 amide bonds. The summed E-state index contributed by atoms with van der Waals surface area (Å²) >= 11 is 6.90. The van der Waals surface area contributed by atoms with Gasteiger partial charge in [0.05, 0.1) is 11.5 Å². The summed E-state index contributed by atoms with van der Waals surface area (Å²) in [6, 6.07) is 12.1. The Hall–Kier alpha value is -1.96. The predicted octanol–water partition coefficient (Wildman–Crippen LogP) is 3.79. The van der Waals surface area contributed by atoms with Gasteiger partial charge >= 0.3 is 0 Å². The van der Waals surface area contributed by atoms with Crippen LogP contribution < -0.4 is 4.74 Å². The molecule has 7 heteroatoms. The van der Waals surface area contributed by atoms with Gasteiger partial charge in [-0.3, -0.25) is 4.90 Å². The van der Waals surface area contributed by atoms with Crippen molar-refractivity contribution in [2.75, 3.05) is 13.2 Å². The van der Waals surface area contributed by atoms with Gasteiger partial charge in [-0.2, -0.15) is 0 Å². The van der Waals surface area contributed by atoms with Crippen LogP contribution in [0.3, 0.4) is 0 Å². The fourth-order valence-corrected chi connectivity index (χ4v) is 3.41. The molecule has 118 valence electrons. The first-order chi connectivity index (χ1) is 11.3. The van der Waals surface area contributed by atoms with E-state index < -0.39 is 0 Å². The molecule has 0 atom stereocenters. The second kappa shape index (κ2) is 6.27. The smallest absolute Gasteiger partial charge is 0.288 e. The van der Waals surface area contributed by atoms with Crippen LogP contribution in [0.2, 0.25) is 0 Å². The Morgan fingerprint density at radius 3 is 3.00 bits per heavy atom. The number of hydrogen-bond acceptors (Lipinski definition) is 6. The maximum absolute atomic E-state index is 5.79. The SMILES string of the molecule is S=c1oc(-c2cccs2)nn1CN1CCOc2ccccc2C1. The van der Waals surface area contributed by atoms with Gasteiger partial charge in [-0.1, -0.05) is 24.3 Å². The lowest BCUT2D eigenvalue weighted by Crippen LogP contribution is -2.28. The third kappa shape index (κ3) is 3.08. The van der Waals surface area contributed by atoms with Crippen molar-refractivity contribution in [3.05, 3.63) is 52.2 Å². The highest BCUT2D eigenvalue weighted by molar-refractivity contribution is 7.71. The van der Waals surface area contributed by atoms with Crippen LogP contribution in [0.15, 0.2) is 46.2 Å². The van der Waals surface area contributed by atoms with Crippen molar-refractivity contribution in [3.63, 3.8) is 0 Å². The van der Waals surface area contributed by atoms with Gasteiger partial charge in [-0.05, 0) is 29.7 Å². The topological polar surface area (TPSA) is 43.4 Å². The largest absolute Gasteiger partial charge is 0.492 e. The van der Waals surface area contributed by atoms with Gasteiger partial charge in [0, 0.05) is 18.7 Å². The summed E-state index contributed by atoms with van der Waals surface area (Å²) in [5, 5.41) is 6.50. The number of benzene rings is 1. The molecule has 0 N–H and O–H groups in total. The van der Waals surface area contributed by atoms with E-state index in [0.717, 1.165) is 23.7 Å². The summed E-state index contributed by atoms with van der Waals surface area (Å²) in [5.74, 6) is 1.54. The van der Waals surface area contributed by atoms with Crippen molar-refractivity contribution < 1.29 is 9.15 Å². The number of aromatic nitrogens is 2. The minimum Gasteiger partial charge on any atom is -0.492 e. The van der Waals surface area contributed by atoms with Gasteiger partial charge in [0.1, 0.15) is 12.4 Å². The third-order valence-corrected chi connectivity index (χ3v) is 4.86. The van der Waals surface area contributed by atoms with Crippen molar-refractivity contribution in [2.45, 2.75) is 13.2 Å². The maximum Gasteiger partial charge on any atom is 0.288 e. The summed E-state index contributed by atoms with van der Waals surface area (Å²) in [4.78, 5) is 3.63. The normalized spacial score (nSPS) is 15.0. The zero-order valence-electron chi connectivity index (χ0n) is 12.3. The Morgan fingerprint density at radius 2 is 2.13 bits per heavy atom. The quantitative estimate of drug-likeness (QED) is 0.676. The highest BCUT2D eigenvalue weighted by Crippen LogP contribution is 2.25. The average Bonchev–Trinajstić information content (AvgIpc) is 3.14. The number of nitrogens with zero attached hydrogens (tertiary/aromatic N) is 3. The van der Waals surface area contributed by atoms with Crippen molar-refractivity contribution in [3.8, 4) is 16.5 Å². The number of fused-ring (bicyclic) bond motifs is 1. The van der Waals surface area contributed by atoms with Gasteiger partial charge in [-0.15, -0.1) is 16.4 Å². The van der Waals surface area contributed by atoms with Crippen molar-refractivity contribution in [2.24, 2.45) is 0 Å². The molecular weight excluding hydrogens is 330 g/mol. The van der Waals surface area contributed by atoms with E-state index in [1.807, 2.05) is 35.7 Å². The monoisotopic (exact) mass is 345 g/mol. The molecule has 0 saturated heterocycles. The van der Waals surface area contributed by atoms with E-state index in [4.69, 9.17) is 21.4 Å². The second-order valence-corrected chi connectivity index (χ2v) is 6.60. The van der Waals surface area contributed by atoms with Crippen molar-refractivity contribution >= 4 is 23.6 Å². The second-order valence-electron chi connectivity index (χ2n) is 5.30. The Bertz CT molecular complexity index is 854. The van der Waals surface area contributed by atoms with Crippen LogP contribution >= 0.6 is 23.6 Å². The summed E-state index contributed by atoms with van der Waals surface area (Å²) in [6.45, 7) is 2.86. The number of para-hydroxylation sites is 1. The number of ether oxygens (including phenoxy) is 1.